The third-order valence-corrected chi connectivity index (χ3v) is 6.61. The minimum absolute atomic E-state index is 0.0661. The van der Waals surface area contributed by atoms with Crippen molar-refractivity contribution in [1.29, 1.82) is 0 Å². The molecule has 7 heteroatoms. The smallest absolute Gasteiger partial charge is 0.242 e. The van der Waals surface area contributed by atoms with Crippen molar-refractivity contribution in [2.75, 3.05) is 14.1 Å². The molecule has 3 rings (SSSR count). The predicted octanol–water partition coefficient (Wildman–Crippen LogP) is 3.49. The van der Waals surface area contributed by atoms with Gasteiger partial charge in [-0.3, -0.25) is 5.10 Å². The number of rotatable bonds is 7. The quantitative estimate of drug-likeness (QED) is 0.639. The summed E-state index contributed by atoms with van der Waals surface area (Å²) in [5.74, 6) is 0. The highest BCUT2D eigenvalue weighted by atomic mass is 32.2. The van der Waals surface area contributed by atoms with Crippen molar-refractivity contribution in [3.8, 4) is 11.3 Å². The molecule has 148 valence electrons. The van der Waals surface area contributed by atoms with Gasteiger partial charge in [0.2, 0.25) is 10.0 Å². The molecule has 0 aliphatic rings. The lowest BCUT2D eigenvalue weighted by Crippen LogP contribution is -2.22. The van der Waals surface area contributed by atoms with Crippen LogP contribution in [0.3, 0.4) is 0 Å². The van der Waals surface area contributed by atoms with E-state index in [1.807, 2.05) is 24.4 Å². The number of hydrogen-bond donors (Lipinski definition) is 2. The number of nitrogens with zero attached hydrogens (tertiary/aromatic N) is 2. The van der Waals surface area contributed by atoms with Crippen molar-refractivity contribution in [2.24, 2.45) is 0 Å². The second kappa shape index (κ2) is 8.26. The molecule has 2 aromatic carbocycles. The molecule has 1 unspecified atom stereocenters. The molecule has 6 nitrogen and oxygen atoms in total. The largest absolute Gasteiger partial charge is 0.306 e. The number of aryl methyl sites for hydroxylation is 1. The van der Waals surface area contributed by atoms with E-state index in [1.165, 1.54) is 24.0 Å². The summed E-state index contributed by atoms with van der Waals surface area (Å²) in [4.78, 5) is 0.296. The summed E-state index contributed by atoms with van der Waals surface area (Å²) >= 11 is 0. The van der Waals surface area contributed by atoms with Gasteiger partial charge in [-0.15, -0.1) is 0 Å². The fourth-order valence-electron chi connectivity index (χ4n) is 3.02. The van der Waals surface area contributed by atoms with Crippen molar-refractivity contribution in [2.45, 2.75) is 31.3 Å². The summed E-state index contributed by atoms with van der Waals surface area (Å²) in [6.07, 6.45) is 1.84. The van der Waals surface area contributed by atoms with E-state index in [0.29, 0.717) is 11.4 Å². The molecule has 0 amide bonds. The summed E-state index contributed by atoms with van der Waals surface area (Å²) in [7, 11) is -0.343. The van der Waals surface area contributed by atoms with Crippen LogP contribution in [-0.4, -0.2) is 37.0 Å². The molecule has 0 bridgehead atoms. The second-order valence-corrected chi connectivity index (χ2v) is 9.25. The maximum atomic E-state index is 12.2. The Morgan fingerprint density at radius 2 is 1.86 bits per heavy atom. The summed E-state index contributed by atoms with van der Waals surface area (Å²) in [5.41, 5.74) is 5.44. The first-order valence-electron chi connectivity index (χ1n) is 9.14. The molecule has 0 spiro atoms. The molecule has 1 heterocycles. The highest BCUT2D eigenvalue weighted by Gasteiger charge is 2.17. The van der Waals surface area contributed by atoms with Crippen LogP contribution in [0.5, 0.6) is 0 Å². The molecule has 0 radical (unpaired) electrons. The second-order valence-electron chi connectivity index (χ2n) is 7.10. The number of benzene rings is 2. The zero-order valence-electron chi connectivity index (χ0n) is 16.6. The van der Waals surface area contributed by atoms with Crippen LogP contribution in [0.1, 0.15) is 29.7 Å². The first kappa shape index (κ1) is 20.3. The highest BCUT2D eigenvalue weighted by molar-refractivity contribution is 7.89. The van der Waals surface area contributed by atoms with Crippen LogP contribution in [0.25, 0.3) is 11.3 Å². The SMILES string of the molecule is Cc1cccc(-c2[nH]ncc2CNC(C)c2ccc(S(=O)(=O)N(C)C)cc2)c1. The van der Waals surface area contributed by atoms with E-state index in [-0.39, 0.29) is 6.04 Å². The molecule has 0 saturated carbocycles. The Bertz CT molecular complexity index is 1040. The van der Waals surface area contributed by atoms with Gasteiger partial charge in [0, 0.05) is 37.8 Å². The highest BCUT2D eigenvalue weighted by Crippen LogP contribution is 2.23. The molecule has 1 aromatic heterocycles. The molecule has 3 aromatic rings. The molecule has 0 saturated heterocycles. The number of H-pyrrole nitrogens is 1. The average molecular weight is 399 g/mol. The maximum absolute atomic E-state index is 12.2. The van der Waals surface area contributed by atoms with Crippen molar-refractivity contribution in [3.63, 3.8) is 0 Å². The predicted molar refractivity (Wildman–Crippen MR) is 111 cm³/mol. The Morgan fingerprint density at radius 3 is 2.50 bits per heavy atom. The minimum Gasteiger partial charge on any atom is -0.306 e. The van der Waals surface area contributed by atoms with Crippen molar-refractivity contribution in [1.82, 2.24) is 19.8 Å². The van der Waals surface area contributed by atoms with Crippen LogP contribution in [0.2, 0.25) is 0 Å². The Labute approximate surface area is 166 Å². The molecular weight excluding hydrogens is 372 g/mol. The Hall–Kier alpha value is -2.48. The monoisotopic (exact) mass is 398 g/mol. The molecule has 0 fully saturated rings. The number of aromatic nitrogens is 2. The van der Waals surface area contributed by atoms with E-state index in [9.17, 15) is 8.42 Å². The van der Waals surface area contributed by atoms with Gasteiger partial charge < -0.3 is 5.32 Å². The van der Waals surface area contributed by atoms with Crippen LogP contribution < -0.4 is 5.32 Å². The third-order valence-electron chi connectivity index (χ3n) is 4.78. The van der Waals surface area contributed by atoms with E-state index >= 15 is 0 Å². The fourth-order valence-corrected chi connectivity index (χ4v) is 3.92. The van der Waals surface area contributed by atoms with Crippen LogP contribution in [0, 0.1) is 6.92 Å². The van der Waals surface area contributed by atoms with Gasteiger partial charge in [0.05, 0.1) is 16.8 Å². The summed E-state index contributed by atoms with van der Waals surface area (Å²) < 4.78 is 25.6. The Kier molecular flexibility index (Phi) is 5.98. The van der Waals surface area contributed by atoms with Gasteiger partial charge >= 0.3 is 0 Å². The summed E-state index contributed by atoms with van der Waals surface area (Å²) in [5, 5.41) is 10.8. The lowest BCUT2D eigenvalue weighted by molar-refractivity contribution is 0.520. The Morgan fingerprint density at radius 1 is 1.14 bits per heavy atom. The molecule has 0 aliphatic carbocycles. The number of sulfonamides is 1. The molecule has 2 N–H and O–H groups in total. The third kappa shape index (κ3) is 4.32. The van der Waals surface area contributed by atoms with Gasteiger partial charge in [-0.2, -0.15) is 5.10 Å². The zero-order valence-corrected chi connectivity index (χ0v) is 17.4. The summed E-state index contributed by atoms with van der Waals surface area (Å²) in [6, 6.07) is 15.4. The van der Waals surface area contributed by atoms with Crippen molar-refractivity contribution >= 4 is 10.0 Å². The number of nitrogens with one attached hydrogen (secondary N) is 2. The van der Waals surface area contributed by atoms with E-state index in [1.54, 1.807) is 12.1 Å². The van der Waals surface area contributed by atoms with Gasteiger partial charge in [0.25, 0.3) is 0 Å². The summed E-state index contributed by atoms with van der Waals surface area (Å²) in [6.45, 7) is 4.78. The van der Waals surface area contributed by atoms with Gasteiger partial charge in [-0.05, 0) is 37.6 Å². The molecule has 28 heavy (non-hydrogen) atoms. The van der Waals surface area contributed by atoms with Gasteiger partial charge in [0.15, 0.2) is 0 Å². The van der Waals surface area contributed by atoms with Gasteiger partial charge in [0.1, 0.15) is 0 Å². The first-order chi connectivity index (χ1) is 13.3. The standard InChI is InChI=1S/C21H26N4O2S/c1-15-6-5-7-18(12-15)21-19(14-23-24-21)13-22-16(2)17-8-10-20(11-9-17)28(26,27)25(3)4/h5-12,14,16,22H,13H2,1-4H3,(H,23,24). The lowest BCUT2D eigenvalue weighted by Gasteiger charge is -2.16. The van der Waals surface area contributed by atoms with Crippen LogP contribution in [-0.2, 0) is 16.6 Å². The normalized spacial score (nSPS) is 13.0. The molecule has 1 atom stereocenters. The topological polar surface area (TPSA) is 78.1 Å². The fraction of sp³-hybridized carbons (Fsp3) is 0.286. The van der Waals surface area contributed by atoms with Crippen LogP contribution >= 0.6 is 0 Å². The van der Waals surface area contributed by atoms with Crippen molar-refractivity contribution in [3.05, 3.63) is 71.4 Å². The van der Waals surface area contributed by atoms with Crippen LogP contribution in [0.4, 0.5) is 0 Å². The number of aromatic amines is 1. The van der Waals surface area contributed by atoms with Crippen LogP contribution in [0.15, 0.2) is 59.6 Å². The van der Waals surface area contributed by atoms with E-state index < -0.39 is 10.0 Å². The van der Waals surface area contributed by atoms with E-state index in [4.69, 9.17) is 0 Å². The number of hydrogen-bond acceptors (Lipinski definition) is 4. The average Bonchev–Trinajstić information content (AvgIpc) is 3.14. The Balaban J connectivity index is 1.70. The van der Waals surface area contributed by atoms with Crippen molar-refractivity contribution < 1.29 is 8.42 Å². The molecular formula is C21H26N4O2S. The van der Waals surface area contributed by atoms with Gasteiger partial charge in [-0.1, -0.05) is 35.9 Å². The maximum Gasteiger partial charge on any atom is 0.242 e. The van der Waals surface area contributed by atoms with E-state index in [0.717, 1.165) is 22.4 Å². The van der Waals surface area contributed by atoms with Gasteiger partial charge in [-0.25, -0.2) is 12.7 Å². The minimum atomic E-state index is -3.41. The molecule has 0 aliphatic heterocycles. The van der Waals surface area contributed by atoms with E-state index in [2.05, 4.69) is 47.6 Å². The first-order valence-corrected chi connectivity index (χ1v) is 10.6. The lowest BCUT2D eigenvalue weighted by atomic mass is 10.0. The zero-order chi connectivity index (χ0) is 20.3.